The summed E-state index contributed by atoms with van der Waals surface area (Å²) in [6.07, 6.45) is 4.45. The molecule has 0 aliphatic heterocycles. The zero-order valence-corrected chi connectivity index (χ0v) is 20.1. The molecule has 0 fully saturated rings. The van der Waals surface area contributed by atoms with E-state index in [1.807, 2.05) is 18.2 Å². The summed E-state index contributed by atoms with van der Waals surface area (Å²) in [4.78, 5) is 28.9. The number of H-pyrrole nitrogens is 1. The number of nitrogens with zero attached hydrogens (tertiary/aromatic N) is 3. The van der Waals surface area contributed by atoms with Crippen LogP contribution in [0.1, 0.15) is 33.5 Å². The molecule has 1 amide bonds. The van der Waals surface area contributed by atoms with Gasteiger partial charge in [0.25, 0.3) is 5.91 Å². The maximum atomic E-state index is 12.3. The Balaban J connectivity index is 1.07. The Morgan fingerprint density at radius 3 is 2.72 bits per heavy atom. The highest BCUT2D eigenvalue weighted by molar-refractivity contribution is 5.91. The molecule has 0 aliphatic carbocycles. The minimum absolute atomic E-state index is 0.272. The molecule has 3 N–H and O–H groups in total. The van der Waals surface area contributed by atoms with Crippen molar-refractivity contribution in [2.24, 2.45) is 0 Å². The van der Waals surface area contributed by atoms with Crippen molar-refractivity contribution in [3.05, 3.63) is 102 Å². The minimum Gasteiger partial charge on any atom is -0.448 e. The van der Waals surface area contributed by atoms with E-state index in [0.717, 1.165) is 35.5 Å². The lowest BCUT2D eigenvalue weighted by molar-refractivity contribution is 0.0945. The minimum atomic E-state index is -0.279. The largest absolute Gasteiger partial charge is 0.448 e. The standard InChI is InChI=1S/C28H28N6O2/c1-19-5-4-6-20(15-19)21-8-9-23-24(16-21)33-26(32-23)10-13-29-14-11-27-34-25(18-36-27)28(35)31-17-22-7-2-3-12-30-22/h2-9,12,15-16,18,29H,10-11,13-14,17H2,1H3,(H,31,35)(H,32,33). The van der Waals surface area contributed by atoms with Gasteiger partial charge < -0.3 is 20.0 Å². The van der Waals surface area contributed by atoms with E-state index in [1.54, 1.807) is 6.20 Å². The van der Waals surface area contributed by atoms with Gasteiger partial charge in [0, 0.05) is 32.1 Å². The van der Waals surface area contributed by atoms with Gasteiger partial charge in [-0.05, 0) is 42.3 Å². The Bertz CT molecular complexity index is 1460. The van der Waals surface area contributed by atoms with Crippen LogP contribution >= 0.6 is 0 Å². The van der Waals surface area contributed by atoms with Crippen LogP contribution in [0, 0.1) is 6.92 Å². The second kappa shape index (κ2) is 11.0. The molecule has 5 aromatic rings. The van der Waals surface area contributed by atoms with Gasteiger partial charge in [-0.15, -0.1) is 0 Å². The average molecular weight is 481 g/mol. The van der Waals surface area contributed by atoms with Crippen molar-refractivity contribution in [1.82, 2.24) is 30.6 Å². The normalized spacial score (nSPS) is 11.1. The van der Waals surface area contributed by atoms with Gasteiger partial charge in [-0.3, -0.25) is 9.78 Å². The maximum absolute atomic E-state index is 12.3. The number of amides is 1. The fraction of sp³-hybridized carbons (Fsp3) is 0.214. The molecule has 8 heteroatoms. The molecule has 0 bridgehead atoms. The van der Waals surface area contributed by atoms with E-state index in [1.165, 1.54) is 23.0 Å². The van der Waals surface area contributed by atoms with Crippen LogP contribution in [-0.4, -0.2) is 38.9 Å². The van der Waals surface area contributed by atoms with Crippen molar-refractivity contribution in [3.8, 4) is 11.1 Å². The lowest BCUT2D eigenvalue weighted by Gasteiger charge is -2.02. The van der Waals surface area contributed by atoms with Gasteiger partial charge in [0.15, 0.2) is 11.6 Å². The van der Waals surface area contributed by atoms with Crippen molar-refractivity contribution in [2.75, 3.05) is 13.1 Å². The molecule has 182 valence electrons. The number of hydrogen-bond acceptors (Lipinski definition) is 6. The van der Waals surface area contributed by atoms with Gasteiger partial charge in [0.1, 0.15) is 12.1 Å². The van der Waals surface area contributed by atoms with E-state index < -0.39 is 0 Å². The summed E-state index contributed by atoms with van der Waals surface area (Å²) >= 11 is 0. The molecule has 0 aliphatic rings. The van der Waals surface area contributed by atoms with Crippen LogP contribution < -0.4 is 10.6 Å². The zero-order valence-electron chi connectivity index (χ0n) is 20.1. The molecule has 2 aromatic carbocycles. The van der Waals surface area contributed by atoms with Crippen molar-refractivity contribution in [3.63, 3.8) is 0 Å². The van der Waals surface area contributed by atoms with Crippen molar-refractivity contribution >= 4 is 16.9 Å². The molecule has 0 radical (unpaired) electrons. The number of pyridine rings is 1. The van der Waals surface area contributed by atoms with E-state index in [0.29, 0.717) is 25.4 Å². The molecular weight excluding hydrogens is 452 g/mol. The van der Waals surface area contributed by atoms with E-state index in [-0.39, 0.29) is 11.6 Å². The maximum Gasteiger partial charge on any atom is 0.273 e. The number of rotatable bonds is 10. The second-order valence-electron chi connectivity index (χ2n) is 8.67. The van der Waals surface area contributed by atoms with Gasteiger partial charge in [0.05, 0.1) is 23.3 Å². The fourth-order valence-electron chi connectivity index (χ4n) is 4.01. The molecule has 0 atom stereocenters. The first-order valence-corrected chi connectivity index (χ1v) is 12.0. The molecule has 3 heterocycles. The van der Waals surface area contributed by atoms with E-state index in [9.17, 15) is 4.79 Å². The molecule has 5 rings (SSSR count). The molecule has 36 heavy (non-hydrogen) atoms. The van der Waals surface area contributed by atoms with Crippen LogP contribution in [0.3, 0.4) is 0 Å². The van der Waals surface area contributed by atoms with E-state index in [2.05, 4.69) is 75.0 Å². The molecule has 0 saturated heterocycles. The highest BCUT2D eigenvalue weighted by Crippen LogP contribution is 2.24. The van der Waals surface area contributed by atoms with Crippen LogP contribution in [-0.2, 0) is 19.4 Å². The number of imidazole rings is 1. The number of carbonyl (C=O) groups excluding carboxylic acids is 1. The third kappa shape index (κ3) is 5.84. The van der Waals surface area contributed by atoms with Crippen LogP contribution in [0.4, 0.5) is 0 Å². The first-order valence-electron chi connectivity index (χ1n) is 12.0. The monoisotopic (exact) mass is 480 g/mol. The number of aryl methyl sites for hydroxylation is 1. The van der Waals surface area contributed by atoms with Gasteiger partial charge in [0.2, 0.25) is 0 Å². The van der Waals surface area contributed by atoms with Crippen LogP contribution in [0.2, 0.25) is 0 Å². The summed E-state index contributed by atoms with van der Waals surface area (Å²) in [5.41, 5.74) is 6.69. The number of aromatic amines is 1. The van der Waals surface area contributed by atoms with Gasteiger partial charge in [-0.1, -0.05) is 42.0 Å². The fourth-order valence-corrected chi connectivity index (χ4v) is 4.01. The number of hydrogen-bond donors (Lipinski definition) is 3. The number of oxazole rings is 1. The van der Waals surface area contributed by atoms with Crippen LogP contribution in [0.5, 0.6) is 0 Å². The van der Waals surface area contributed by atoms with Crippen molar-refractivity contribution < 1.29 is 9.21 Å². The van der Waals surface area contributed by atoms with E-state index >= 15 is 0 Å². The number of benzene rings is 2. The molecule has 0 saturated carbocycles. The van der Waals surface area contributed by atoms with Crippen LogP contribution in [0.15, 0.2) is 77.5 Å². The third-order valence-corrected chi connectivity index (χ3v) is 5.88. The quantitative estimate of drug-likeness (QED) is 0.258. The average Bonchev–Trinajstić information content (AvgIpc) is 3.54. The van der Waals surface area contributed by atoms with Crippen molar-refractivity contribution in [2.45, 2.75) is 26.3 Å². The van der Waals surface area contributed by atoms with Gasteiger partial charge in [-0.2, -0.15) is 0 Å². The Morgan fingerprint density at radius 1 is 0.972 bits per heavy atom. The predicted octanol–water partition coefficient (Wildman–Crippen LogP) is 4.23. The summed E-state index contributed by atoms with van der Waals surface area (Å²) in [5.74, 6) is 1.19. The van der Waals surface area contributed by atoms with E-state index in [4.69, 9.17) is 9.40 Å². The summed E-state index contributed by atoms with van der Waals surface area (Å²) in [7, 11) is 0. The highest BCUT2D eigenvalue weighted by Gasteiger charge is 2.12. The predicted molar refractivity (Wildman–Crippen MR) is 138 cm³/mol. The molecule has 0 unspecified atom stereocenters. The lowest BCUT2D eigenvalue weighted by atomic mass is 10.0. The van der Waals surface area contributed by atoms with Crippen molar-refractivity contribution in [1.29, 1.82) is 0 Å². The third-order valence-electron chi connectivity index (χ3n) is 5.88. The number of carbonyl (C=O) groups is 1. The topological polar surface area (TPSA) is 109 Å². The van der Waals surface area contributed by atoms with Gasteiger partial charge in [-0.25, -0.2) is 9.97 Å². The second-order valence-corrected chi connectivity index (χ2v) is 8.67. The summed E-state index contributed by atoms with van der Waals surface area (Å²) in [6, 6.07) is 20.4. The molecule has 0 spiro atoms. The Morgan fingerprint density at radius 2 is 1.86 bits per heavy atom. The Hall–Kier alpha value is -4.30. The number of nitrogens with one attached hydrogen (secondary N) is 3. The first-order chi connectivity index (χ1) is 17.6. The molecule has 8 nitrogen and oxygen atoms in total. The first kappa shape index (κ1) is 23.4. The Kier molecular flexibility index (Phi) is 7.14. The smallest absolute Gasteiger partial charge is 0.273 e. The summed E-state index contributed by atoms with van der Waals surface area (Å²) in [5, 5.41) is 6.19. The van der Waals surface area contributed by atoms with Gasteiger partial charge >= 0.3 is 0 Å². The zero-order chi connectivity index (χ0) is 24.7. The molecule has 3 aromatic heterocycles. The lowest BCUT2D eigenvalue weighted by Crippen LogP contribution is -2.24. The SMILES string of the molecule is Cc1cccc(-c2ccc3nc(CCNCCc4nc(C(=O)NCc5ccccn5)co4)[nH]c3c2)c1. The number of fused-ring (bicyclic) bond motifs is 1. The highest BCUT2D eigenvalue weighted by atomic mass is 16.3. The van der Waals surface area contributed by atoms with Crippen LogP contribution in [0.25, 0.3) is 22.2 Å². The summed E-state index contributed by atoms with van der Waals surface area (Å²) < 4.78 is 5.45. The Labute approximate surface area is 209 Å². The molecular formula is C28H28N6O2. The number of aromatic nitrogens is 4. The summed E-state index contributed by atoms with van der Waals surface area (Å²) in [6.45, 7) is 3.90.